The first-order chi connectivity index (χ1) is 7.37. The number of hydrogen-bond acceptors (Lipinski definition) is 3. The minimum atomic E-state index is -0.283. The normalized spacial score (nSPS) is 21.6. The Bertz CT molecular complexity index is 292. The van der Waals surface area contributed by atoms with Gasteiger partial charge in [-0.05, 0) is 20.3 Å². The van der Waals surface area contributed by atoms with Crippen LogP contribution in [-0.4, -0.2) is 39.4 Å². The summed E-state index contributed by atoms with van der Waals surface area (Å²) in [5.41, 5.74) is 5.60. The Morgan fingerprint density at radius 2 is 2.25 bits per heavy atom. The zero-order valence-corrected chi connectivity index (χ0v) is 11.8. The molecule has 1 saturated heterocycles. The zero-order chi connectivity index (χ0) is 12.3. The van der Waals surface area contributed by atoms with E-state index in [1.54, 1.807) is 0 Å². The van der Waals surface area contributed by atoms with Gasteiger partial charge in [0.15, 0.2) is 0 Å². The van der Waals surface area contributed by atoms with Crippen molar-refractivity contribution >= 4 is 34.9 Å². The number of thiocarbonyl (C=S) groups is 1. The molecule has 1 unspecified atom stereocenters. The Morgan fingerprint density at radius 3 is 2.69 bits per heavy atom. The van der Waals surface area contributed by atoms with Crippen molar-refractivity contribution in [1.29, 1.82) is 0 Å². The molecule has 1 aliphatic rings. The fourth-order valence-electron chi connectivity index (χ4n) is 1.92. The Balaban J connectivity index is 2.69. The van der Waals surface area contributed by atoms with Gasteiger partial charge in [-0.3, -0.25) is 4.79 Å². The third kappa shape index (κ3) is 3.35. The average Bonchev–Trinajstić information content (AvgIpc) is 2.16. The molecule has 0 radical (unpaired) electrons. The molecule has 1 rings (SSSR count). The molecule has 0 aliphatic carbocycles. The van der Waals surface area contributed by atoms with Crippen LogP contribution in [0.2, 0.25) is 0 Å². The molecule has 1 amide bonds. The van der Waals surface area contributed by atoms with Gasteiger partial charge >= 0.3 is 0 Å². The van der Waals surface area contributed by atoms with Crippen LogP contribution in [0.5, 0.6) is 0 Å². The molecule has 0 aromatic carbocycles. The number of nitrogens with two attached hydrogens (primary N) is 1. The van der Waals surface area contributed by atoms with Crippen molar-refractivity contribution in [2.75, 3.05) is 18.8 Å². The first kappa shape index (κ1) is 13.8. The number of rotatable bonds is 3. The smallest absolute Gasteiger partial charge is 0.232 e. The molecule has 1 aliphatic heterocycles. The molecular formula is C11H20N2OS2. The molecule has 0 spiro atoms. The molecule has 2 N–H and O–H groups in total. The van der Waals surface area contributed by atoms with Crippen molar-refractivity contribution in [3.63, 3.8) is 0 Å². The van der Waals surface area contributed by atoms with E-state index in [0.29, 0.717) is 11.4 Å². The lowest BCUT2D eigenvalue weighted by molar-refractivity contribution is -0.133. The van der Waals surface area contributed by atoms with Crippen molar-refractivity contribution < 1.29 is 4.79 Å². The fraction of sp³-hybridized carbons (Fsp3) is 0.818. The molecule has 16 heavy (non-hydrogen) atoms. The first-order valence-electron chi connectivity index (χ1n) is 5.59. The van der Waals surface area contributed by atoms with Crippen molar-refractivity contribution in [2.24, 2.45) is 11.7 Å². The lowest BCUT2D eigenvalue weighted by Crippen LogP contribution is -2.50. The van der Waals surface area contributed by atoms with Crippen LogP contribution in [0, 0.1) is 5.92 Å². The summed E-state index contributed by atoms with van der Waals surface area (Å²) in [6.45, 7) is 7.88. The van der Waals surface area contributed by atoms with E-state index in [1.165, 1.54) is 0 Å². The van der Waals surface area contributed by atoms with E-state index in [4.69, 9.17) is 18.0 Å². The molecule has 0 bridgehead atoms. The van der Waals surface area contributed by atoms with Gasteiger partial charge in [-0.2, -0.15) is 11.8 Å². The molecule has 0 aromatic rings. The number of hydrogen-bond donors (Lipinski definition) is 1. The third-order valence-electron chi connectivity index (χ3n) is 2.79. The number of carbonyl (C=O) groups is 1. The summed E-state index contributed by atoms with van der Waals surface area (Å²) in [5, 5.41) is 0. The largest absolute Gasteiger partial charge is 0.393 e. The standard InChI is InChI=1S/C11H20N2OS2/c1-4-8(9(12)15)10(14)13-5-6-16-11(2,3)7-13/h8H,4-7H2,1-3H3,(H2,12,15). The highest BCUT2D eigenvalue weighted by molar-refractivity contribution is 8.00. The summed E-state index contributed by atoms with van der Waals surface area (Å²) in [7, 11) is 0. The van der Waals surface area contributed by atoms with Gasteiger partial charge in [0.1, 0.15) is 0 Å². The van der Waals surface area contributed by atoms with Gasteiger partial charge in [-0.15, -0.1) is 0 Å². The second-order valence-electron chi connectivity index (χ2n) is 4.73. The zero-order valence-electron chi connectivity index (χ0n) is 10.2. The molecule has 5 heteroatoms. The minimum absolute atomic E-state index is 0.100. The Labute approximate surface area is 107 Å². The van der Waals surface area contributed by atoms with E-state index >= 15 is 0 Å². The van der Waals surface area contributed by atoms with E-state index in [1.807, 2.05) is 23.6 Å². The van der Waals surface area contributed by atoms with Crippen LogP contribution in [0.1, 0.15) is 27.2 Å². The van der Waals surface area contributed by atoms with Gasteiger partial charge in [-0.1, -0.05) is 19.1 Å². The van der Waals surface area contributed by atoms with E-state index in [-0.39, 0.29) is 16.6 Å². The summed E-state index contributed by atoms with van der Waals surface area (Å²) in [6.07, 6.45) is 0.693. The molecular weight excluding hydrogens is 240 g/mol. The first-order valence-corrected chi connectivity index (χ1v) is 6.99. The summed E-state index contributed by atoms with van der Waals surface area (Å²) in [6, 6.07) is 0. The van der Waals surface area contributed by atoms with Crippen LogP contribution >= 0.6 is 24.0 Å². The van der Waals surface area contributed by atoms with Gasteiger partial charge in [-0.25, -0.2) is 0 Å². The van der Waals surface area contributed by atoms with Crippen LogP contribution in [0.15, 0.2) is 0 Å². The van der Waals surface area contributed by atoms with Crippen LogP contribution in [0.4, 0.5) is 0 Å². The minimum Gasteiger partial charge on any atom is -0.393 e. The lowest BCUT2D eigenvalue weighted by Gasteiger charge is -2.38. The summed E-state index contributed by atoms with van der Waals surface area (Å²) in [5.74, 6) is 0.809. The Kier molecular flexibility index (Phi) is 4.62. The van der Waals surface area contributed by atoms with Gasteiger partial charge in [0.25, 0.3) is 0 Å². The highest BCUT2D eigenvalue weighted by Gasteiger charge is 2.33. The summed E-state index contributed by atoms with van der Waals surface area (Å²) in [4.78, 5) is 14.4. The van der Waals surface area contributed by atoms with Crippen LogP contribution in [-0.2, 0) is 4.79 Å². The second-order valence-corrected chi connectivity index (χ2v) is 7.00. The highest BCUT2D eigenvalue weighted by Crippen LogP contribution is 2.30. The highest BCUT2D eigenvalue weighted by atomic mass is 32.2. The predicted molar refractivity (Wildman–Crippen MR) is 73.7 cm³/mol. The van der Waals surface area contributed by atoms with Gasteiger partial charge < -0.3 is 10.6 Å². The molecule has 92 valence electrons. The van der Waals surface area contributed by atoms with Crippen LogP contribution in [0.3, 0.4) is 0 Å². The summed E-state index contributed by atoms with van der Waals surface area (Å²) < 4.78 is 0.141. The summed E-state index contributed by atoms with van der Waals surface area (Å²) >= 11 is 6.86. The molecule has 1 heterocycles. The number of carbonyl (C=O) groups excluding carboxylic acids is 1. The quantitative estimate of drug-likeness (QED) is 0.784. The SMILES string of the molecule is CCC(C(=O)N1CCSC(C)(C)C1)C(N)=S. The van der Waals surface area contributed by atoms with Crippen molar-refractivity contribution in [2.45, 2.75) is 31.9 Å². The van der Waals surface area contributed by atoms with E-state index < -0.39 is 0 Å². The molecule has 1 atom stereocenters. The van der Waals surface area contributed by atoms with Gasteiger partial charge in [0.05, 0.1) is 10.9 Å². The van der Waals surface area contributed by atoms with E-state index in [0.717, 1.165) is 18.8 Å². The van der Waals surface area contributed by atoms with E-state index in [2.05, 4.69) is 13.8 Å². The molecule has 3 nitrogen and oxygen atoms in total. The fourth-order valence-corrected chi connectivity index (χ4v) is 3.30. The van der Waals surface area contributed by atoms with Crippen LogP contribution in [0.25, 0.3) is 0 Å². The number of thioether (sulfide) groups is 1. The Morgan fingerprint density at radius 1 is 1.62 bits per heavy atom. The monoisotopic (exact) mass is 260 g/mol. The average molecular weight is 260 g/mol. The van der Waals surface area contributed by atoms with Crippen LogP contribution < -0.4 is 5.73 Å². The van der Waals surface area contributed by atoms with Gasteiger partial charge in [0.2, 0.25) is 5.91 Å². The third-order valence-corrected chi connectivity index (χ3v) is 4.37. The predicted octanol–water partition coefficient (Wildman–Crippen LogP) is 1.65. The topological polar surface area (TPSA) is 46.3 Å². The maximum absolute atomic E-state index is 12.2. The lowest BCUT2D eigenvalue weighted by atomic mass is 10.0. The van der Waals surface area contributed by atoms with Gasteiger partial charge in [0, 0.05) is 23.6 Å². The second kappa shape index (κ2) is 5.36. The number of nitrogens with zero attached hydrogens (tertiary/aromatic N) is 1. The number of amides is 1. The van der Waals surface area contributed by atoms with Crippen molar-refractivity contribution in [1.82, 2.24) is 4.90 Å². The molecule has 0 saturated carbocycles. The van der Waals surface area contributed by atoms with Crippen molar-refractivity contribution in [3.8, 4) is 0 Å². The molecule has 1 fully saturated rings. The molecule has 0 aromatic heterocycles. The van der Waals surface area contributed by atoms with Crippen molar-refractivity contribution in [3.05, 3.63) is 0 Å². The van der Waals surface area contributed by atoms with E-state index in [9.17, 15) is 4.79 Å². The maximum Gasteiger partial charge on any atom is 0.232 e. The Hall–Kier alpha value is -0.290. The maximum atomic E-state index is 12.2.